The van der Waals surface area contributed by atoms with Gasteiger partial charge in [-0.05, 0) is 30.5 Å². The van der Waals surface area contributed by atoms with Crippen molar-refractivity contribution in [3.63, 3.8) is 0 Å². The van der Waals surface area contributed by atoms with E-state index in [0.717, 1.165) is 0 Å². The van der Waals surface area contributed by atoms with Gasteiger partial charge in [0.25, 0.3) is 5.91 Å². The molecule has 0 atom stereocenters. The minimum Gasteiger partial charge on any atom is -0.481 e. The first-order chi connectivity index (χ1) is 11.6. The lowest BCUT2D eigenvalue weighted by molar-refractivity contribution is -0.154. The Morgan fingerprint density at radius 1 is 1.17 bits per heavy atom. The second-order valence-electron chi connectivity index (χ2n) is 6.08. The normalized spacial score (nSPS) is 20.7. The zero-order valence-corrected chi connectivity index (χ0v) is 15.0. The molecule has 3 rings (SSSR count). The van der Waals surface area contributed by atoms with Crippen LogP contribution in [0.15, 0.2) is 24.3 Å². The Morgan fingerprint density at radius 2 is 1.79 bits per heavy atom. The van der Waals surface area contributed by atoms with Crippen LogP contribution in [0.2, 0.25) is 0 Å². The average molecular weight is 367 g/mol. The van der Waals surface area contributed by atoms with Crippen LogP contribution < -0.4 is 5.32 Å². The number of carbonyl (C=O) groups excluding carboxylic acids is 1. The summed E-state index contributed by atoms with van der Waals surface area (Å²) >= 11 is 3.85. The Labute approximate surface area is 149 Å². The van der Waals surface area contributed by atoms with Gasteiger partial charge in [0.15, 0.2) is 0 Å². The molecular formula is C17H21NO4S2. The maximum Gasteiger partial charge on any atom is 0.311 e. The molecule has 0 radical (unpaired) electrons. The van der Waals surface area contributed by atoms with Gasteiger partial charge in [-0.1, -0.05) is 12.1 Å². The number of carbonyl (C=O) groups is 2. The molecule has 0 aliphatic carbocycles. The zero-order valence-electron chi connectivity index (χ0n) is 13.3. The molecule has 2 fully saturated rings. The largest absolute Gasteiger partial charge is 0.481 e. The maximum absolute atomic E-state index is 12.3. The molecule has 130 valence electrons. The average Bonchev–Trinajstić information content (AvgIpc) is 3.15. The summed E-state index contributed by atoms with van der Waals surface area (Å²) in [5.41, 5.74) is 0.884. The summed E-state index contributed by atoms with van der Waals surface area (Å²) in [6.45, 7) is 0.988. The van der Waals surface area contributed by atoms with Crippen LogP contribution in [0, 0.1) is 5.41 Å². The van der Waals surface area contributed by atoms with Gasteiger partial charge >= 0.3 is 5.97 Å². The van der Waals surface area contributed by atoms with Crippen LogP contribution in [-0.2, 0) is 9.53 Å². The fourth-order valence-corrected chi connectivity index (χ4v) is 5.78. The number of ether oxygens (including phenoxy) is 1. The third-order valence-electron chi connectivity index (χ3n) is 4.56. The standard InChI is InChI=1S/C17H21NO4S2/c19-14(18-11-17(16(20)21)5-7-22-8-6-17)12-1-3-13(4-2-12)15-23-9-10-24-15/h1-4,15H,5-11H2,(H,18,19)(H,20,21). The number of aliphatic carboxylic acids is 1. The predicted molar refractivity (Wildman–Crippen MR) is 96.6 cm³/mol. The highest BCUT2D eigenvalue weighted by atomic mass is 32.2. The molecule has 0 spiro atoms. The van der Waals surface area contributed by atoms with Gasteiger partial charge in [0, 0.05) is 36.8 Å². The van der Waals surface area contributed by atoms with Gasteiger partial charge in [-0.2, -0.15) is 0 Å². The Morgan fingerprint density at radius 3 is 2.38 bits per heavy atom. The SMILES string of the molecule is O=C(NCC1(C(=O)O)CCOCC1)c1ccc(C2SCCS2)cc1. The molecule has 0 unspecified atom stereocenters. The van der Waals surface area contributed by atoms with E-state index in [1.807, 2.05) is 47.8 Å². The van der Waals surface area contributed by atoms with Gasteiger partial charge < -0.3 is 15.2 Å². The smallest absolute Gasteiger partial charge is 0.311 e. The number of hydrogen-bond acceptors (Lipinski definition) is 5. The van der Waals surface area contributed by atoms with Crippen molar-refractivity contribution in [1.29, 1.82) is 0 Å². The fourth-order valence-electron chi connectivity index (χ4n) is 2.92. The monoisotopic (exact) mass is 367 g/mol. The van der Waals surface area contributed by atoms with Gasteiger partial charge in [0.2, 0.25) is 0 Å². The Hall–Kier alpha value is -1.18. The zero-order chi connectivity index (χ0) is 17.0. The van der Waals surface area contributed by atoms with Crippen molar-refractivity contribution in [2.45, 2.75) is 17.4 Å². The van der Waals surface area contributed by atoms with E-state index in [9.17, 15) is 14.7 Å². The van der Waals surface area contributed by atoms with Gasteiger partial charge in [-0.3, -0.25) is 9.59 Å². The molecule has 7 heteroatoms. The molecule has 0 bridgehead atoms. The highest BCUT2D eigenvalue weighted by Crippen LogP contribution is 2.45. The van der Waals surface area contributed by atoms with E-state index in [2.05, 4.69) is 5.32 Å². The van der Waals surface area contributed by atoms with Gasteiger partial charge in [0.1, 0.15) is 0 Å². The molecule has 2 heterocycles. The maximum atomic E-state index is 12.3. The van der Waals surface area contributed by atoms with Crippen LogP contribution in [0.25, 0.3) is 0 Å². The van der Waals surface area contributed by atoms with E-state index in [1.165, 1.54) is 17.1 Å². The number of carboxylic acids is 1. The summed E-state index contributed by atoms with van der Waals surface area (Å²) in [4.78, 5) is 23.9. The topological polar surface area (TPSA) is 75.6 Å². The van der Waals surface area contributed by atoms with E-state index in [0.29, 0.717) is 36.2 Å². The highest BCUT2D eigenvalue weighted by Gasteiger charge is 2.40. The third kappa shape index (κ3) is 3.90. The molecule has 1 amide bonds. The molecule has 2 aliphatic heterocycles. The first-order valence-corrected chi connectivity index (χ1v) is 10.1. The van der Waals surface area contributed by atoms with Crippen LogP contribution in [0.4, 0.5) is 0 Å². The Kier molecular flexibility index (Phi) is 5.73. The van der Waals surface area contributed by atoms with Crippen LogP contribution in [0.1, 0.15) is 33.3 Å². The van der Waals surface area contributed by atoms with Crippen LogP contribution in [-0.4, -0.2) is 48.2 Å². The highest BCUT2D eigenvalue weighted by molar-refractivity contribution is 8.19. The van der Waals surface area contributed by atoms with Crippen molar-refractivity contribution in [3.8, 4) is 0 Å². The van der Waals surface area contributed by atoms with Crippen LogP contribution >= 0.6 is 23.5 Å². The number of rotatable bonds is 5. The van der Waals surface area contributed by atoms with Crippen LogP contribution in [0.3, 0.4) is 0 Å². The summed E-state index contributed by atoms with van der Waals surface area (Å²) in [6, 6.07) is 7.63. The Balaban J connectivity index is 1.60. The lowest BCUT2D eigenvalue weighted by Gasteiger charge is -2.33. The molecule has 2 N–H and O–H groups in total. The summed E-state index contributed by atoms with van der Waals surface area (Å²) in [6.07, 6.45) is 0.857. The number of hydrogen-bond donors (Lipinski definition) is 2. The molecule has 2 saturated heterocycles. The second-order valence-corrected chi connectivity index (χ2v) is 8.80. The number of amides is 1. The first-order valence-electron chi connectivity index (χ1n) is 8.03. The molecule has 2 aliphatic rings. The van der Waals surface area contributed by atoms with E-state index in [4.69, 9.17) is 4.74 Å². The molecular weight excluding hydrogens is 346 g/mol. The first kappa shape index (κ1) is 17.6. The number of carboxylic acid groups (broad SMARTS) is 1. The Bertz CT molecular complexity index is 593. The van der Waals surface area contributed by atoms with Gasteiger partial charge in [-0.25, -0.2) is 0 Å². The van der Waals surface area contributed by atoms with Crippen molar-refractivity contribution >= 4 is 35.4 Å². The summed E-state index contributed by atoms with van der Waals surface area (Å²) in [5.74, 6) is 1.24. The third-order valence-corrected chi connectivity index (χ3v) is 7.66. The van der Waals surface area contributed by atoms with Crippen molar-refractivity contribution in [3.05, 3.63) is 35.4 Å². The minimum atomic E-state index is -0.912. The number of benzene rings is 1. The summed E-state index contributed by atoms with van der Waals surface area (Å²) in [5, 5.41) is 12.3. The van der Waals surface area contributed by atoms with Crippen molar-refractivity contribution in [1.82, 2.24) is 5.32 Å². The lowest BCUT2D eigenvalue weighted by Crippen LogP contribution is -2.46. The number of nitrogens with one attached hydrogen (secondary N) is 1. The molecule has 5 nitrogen and oxygen atoms in total. The minimum absolute atomic E-state index is 0.139. The van der Waals surface area contributed by atoms with Crippen molar-refractivity contribution in [2.24, 2.45) is 5.41 Å². The fraction of sp³-hybridized carbons (Fsp3) is 0.529. The number of thioether (sulfide) groups is 2. The van der Waals surface area contributed by atoms with Crippen molar-refractivity contribution in [2.75, 3.05) is 31.3 Å². The van der Waals surface area contributed by atoms with Crippen molar-refractivity contribution < 1.29 is 19.4 Å². The van der Waals surface area contributed by atoms with E-state index in [1.54, 1.807) is 0 Å². The molecule has 0 saturated carbocycles. The summed E-state index contributed by atoms with van der Waals surface area (Å²) < 4.78 is 5.71. The molecule has 0 aromatic heterocycles. The van der Waals surface area contributed by atoms with E-state index < -0.39 is 11.4 Å². The second kappa shape index (κ2) is 7.80. The van der Waals surface area contributed by atoms with Gasteiger partial charge in [-0.15, -0.1) is 23.5 Å². The molecule has 1 aromatic carbocycles. The quantitative estimate of drug-likeness (QED) is 0.833. The molecule has 1 aromatic rings. The van der Waals surface area contributed by atoms with E-state index >= 15 is 0 Å². The van der Waals surface area contributed by atoms with Crippen LogP contribution in [0.5, 0.6) is 0 Å². The van der Waals surface area contributed by atoms with Gasteiger partial charge in [0.05, 0.1) is 10.00 Å². The molecule has 24 heavy (non-hydrogen) atoms. The summed E-state index contributed by atoms with van der Waals surface area (Å²) in [7, 11) is 0. The predicted octanol–water partition coefficient (Wildman–Crippen LogP) is 2.78. The lowest BCUT2D eigenvalue weighted by atomic mass is 9.80. The van der Waals surface area contributed by atoms with E-state index in [-0.39, 0.29) is 12.5 Å².